The Kier molecular flexibility index (Phi) is 14.0. The second kappa shape index (κ2) is 15.9. The molecule has 0 aliphatic rings. The molecule has 8 nitrogen and oxygen atoms in total. The van der Waals surface area contributed by atoms with Gasteiger partial charge in [0, 0.05) is 46.0 Å². The highest BCUT2D eigenvalue weighted by molar-refractivity contribution is 14.0. The molecule has 0 saturated heterocycles. The highest BCUT2D eigenvalue weighted by Crippen LogP contribution is 2.14. The van der Waals surface area contributed by atoms with Crippen LogP contribution in [0.5, 0.6) is 0 Å². The Bertz CT molecular complexity index is 810. The number of aliphatic imine (C=N–C) groups is 1. The molecule has 2 aromatic rings. The van der Waals surface area contributed by atoms with Gasteiger partial charge in [-0.2, -0.15) is 0 Å². The van der Waals surface area contributed by atoms with Crippen LogP contribution in [0, 0.1) is 18.8 Å². The van der Waals surface area contributed by atoms with Crippen LogP contribution in [0.25, 0.3) is 0 Å². The number of anilines is 1. The summed E-state index contributed by atoms with van der Waals surface area (Å²) in [5.74, 6) is 3.49. The highest BCUT2D eigenvalue weighted by atomic mass is 127. The first kappa shape index (κ1) is 29.2. The molecule has 0 spiro atoms. The van der Waals surface area contributed by atoms with E-state index in [1.165, 1.54) is 5.69 Å². The van der Waals surface area contributed by atoms with Crippen molar-refractivity contribution in [3.05, 3.63) is 42.0 Å². The number of hydrogen-bond acceptors (Lipinski definition) is 5. The van der Waals surface area contributed by atoms with Gasteiger partial charge in [-0.1, -0.05) is 32.0 Å². The van der Waals surface area contributed by atoms with Crippen LogP contribution in [0.1, 0.15) is 44.8 Å². The van der Waals surface area contributed by atoms with E-state index in [1.54, 1.807) is 0 Å². The topological polar surface area (TPSA) is 90.6 Å². The fraction of sp³-hybridized carbons (Fsp3) is 0.625. The summed E-state index contributed by atoms with van der Waals surface area (Å²) >= 11 is 0. The van der Waals surface area contributed by atoms with Crippen molar-refractivity contribution in [2.24, 2.45) is 23.9 Å². The van der Waals surface area contributed by atoms with Crippen LogP contribution in [0.15, 0.2) is 35.3 Å². The minimum atomic E-state index is 0. The summed E-state index contributed by atoms with van der Waals surface area (Å²) in [6.07, 6.45) is 2.86. The Morgan fingerprint density at radius 3 is 2.52 bits per heavy atom. The lowest BCUT2D eigenvalue weighted by Crippen LogP contribution is -2.41. The number of hydrogen-bond donors (Lipinski definition) is 3. The number of benzene rings is 1. The molecular weight excluding hydrogens is 529 g/mol. The molecule has 1 unspecified atom stereocenters. The first-order valence-electron chi connectivity index (χ1n) is 11.6. The number of nitrogens with one attached hydrogen (secondary N) is 2. The van der Waals surface area contributed by atoms with E-state index in [2.05, 4.69) is 70.9 Å². The van der Waals surface area contributed by atoms with Gasteiger partial charge in [0.2, 0.25) is 0 Å². The molecule has 1 heterocycles. The minimum absolute atomic E-state index is 0. The number of aliphatic hydroxyl groups is 1. The van der Waals surface area contributed by atoms with E-state index in [-0.39, 0.29) is 30.6 Å². The largest absolute Gasteiger partial charge is 0.396 e. The summed E-state index contributed by atoms with van der Waals surface area (Å²) in [7, 11) is 4.07. The Balaban J connectivity index is 0.00000544. The van der Waals surface area contributed by atoms with Crippen LogP contribution < -0.4 is 15.5 Å². The number of halogens is 1. The molecule has 3 N–H and O–H groups in total. The maximum atomic E-state index is 9.42. The fourth-order valence-corrected chi connectivity index (χ4v) is 3.64. The smallest absolute Gasteiger partial charge is 0.191 e. The number of aromatic nitrogens is 3. The Hall–Kier alpha value is -1.88. The van der Waals surface area contributed by atoms with Crippen LogP contribution in [0.4, 0.5) is 5.69 Å². The van der Waals surface area contributed by atoms with Crippen LogP contribution in [0.3, 0.4) is 0 Å². The fourth-order valence-electron chi connectivity index (χ4n) is 3.64. The molecule has 1 aromatic carbocycles. The van der Waals surface area contributed by atoms with Gasteiger partial charge in [-0.3, -0.25) is 0 Å². The zero-order valence-electron chi connectivity index (χ0n) is 20.8. The molecule has 0 saturated carbocycles. The molecule has 2 rings (SSSR count). The van der Waals surface area contributed by atoms with E-state index in [4.69, 9.17) is 4.99 Å². The van der Waals surface area contributed by atoms with E-state index in [9.17, 15) is 5.11 Å². The number of para-hydroxylation sites is 1. The van der Waals surface area contributed by atoms with Crippen LogP contribution in [0.2, 0.25) is 0 Å². The van der Waals surface area contributed by atoms with Crippen molar-refractivity contribution in [3.8, 4) is 0 Å². The first-order chi connectivity index (χ1) is 15.4. The van der Waals surface area contributed by atoms with Gasteiger partial charge in [-0.25, -0.2) is 4.99 Å². The van der Waals surface area contributed by atoms with Gasteiger partial charge < -0.3 is 25.2 Å². The molecule has 0 aliphatic heterocycles. The summed E-state index contributed by atoms with van der Waals surface area (Å²) in [5.41, 5.74) is 1.22. The van der Waals surface area contributed by atoms with E-state index in [1.807, 2.05) is 24.6 Å². The third-order valence-electron chi connectivity index (χ3n) is 5.62. The van der Waals surface area contributed by atoms with Gasteiger partial charge in [-0.05, 0) is 50.2 Å². The standard InChI is InChI=1S/C24H41N7O.HI/c1-19(2)16-21(12-15-32)17-26-24(27-18-23-29-28-20(3)31(23)5)25-13-9-14-30(4)22-10-7-6-8-11-22;/h6-8,10-11,19,21,32H,9,12-18H2,1-5H3,(H2,25,26,27);1H. The zero-order valence-corrected chi connectivity index (χ0v) is 23.1. The third kappa shape index (κ3) is 10.7. The van der Waals surface area contributed by atoms with Crippen molar-refractivity contribution < 1.29 is 5.11 Å². The normalized spacial score (nSPS) is 12.4. The second-order valence-electron chi connectivity index (χ2n) is 8.81. The molecule has 0 amide bonds. The number of nitrogens with zero attached hydrogens (tertiary/aromatic N) is 5. The lowest BCUT2D eigenvalue weighted by molar-refractivity contribution is 0.243. The van der Waals surface area contributed by atoms with Gasteiger partial charge >= 0.3 is 0 Å². The van der Waals surface area contributed by atoms with Gasteiger partial charge in [0.15, 0.2) is 11.8 Å². The van der Waals surface area contributed by atoms with Gasteiger partial charge in [0.1, 0.15) is 12.4 Å². The molecule has 0 radical (unpaired) electrons. The monoisotopic (exact) mass is 571 g/mol. The van der Waals surface area contributed by atoms with Gasteiger partial charge in [0.25, 0.3) is 0 Å². The Morgan fingerprint density at radius 2 is 1.91 bits per heavy atom. The molecule has 0 fully saturated rings. The number of rotatable bonds is 13. The maximum absolute atomic E-state index is 9.42. The summed E-state index contributed by atoms with van der Waals surface area (Å²) < 4.78 is 1.96. The van der Waals surface area contributed by atoms with Crippen LogP contribution in [-0.4, -0.2) is 59.1 Å². The summed E-state index contributed by atoms with van der Waals surface area (Å²) in [6, 6.07) is 10.4. The molecule has 1 aromatic heterocycles. The average molecular weight is 572 g/mol. The zero-order chi connectivity index (χ0) is 23.3. The molecule has 9 heteroatoms. The van der Waals surface area contributed by atoms with E-state index >= 15 is 0 Å². The van der Waals surface area contributed by atoms with E-state index in [0.29, 0.717) is 18.4 Å². The van der Waals surface area contributed by atoms with Crippen molar-refractivity contribution in [3.63, 3.8) is 0 Å². The quantitative estimate of drug-likeness (QED) is 0.148. The van der Waals surface area contributed by atoms with Crippen molar-refractivity contribution in [1.82, 2.24) is 25.4 Å². The summed E-state index contributed by atoms with van der Waals surface area (Å²) in [6.45, 7) is 9.60. The first-order valence-corrected chi connectivity index (χ1v) is 11.6. The van der Waals surface area contributed by atoms with E-state index < -0.39 is 0 Å². The minimum Gasteiger partial charge on any atom is -0.396 e. The van der Waals surface area contributed by atoms with Crippen molar-refractivity contribution in [2.45, 2.75) is 46.6 Å². The average Bonchev–Trinajstić information content (AvgIpc) is 3.10. The Morgan fingerprint density at radius 1 is 1.18 bits per heavy atom. The van der Waals surface area contributed by atoms with E-state index in [0.717, 1.165) is 56.5 Å². The van der Waals surface area contributed by atoms with Gasteiger partial charge in [-0.15, -0.1) is 34.2 Å². The number of aliphatic hydroxyl groups excluding tert-OH is 1. The third-order valence-corrected chi connectivity index (χ3v) is 5.62. The number of aryl methyl sites for hydroxylation is 1. The summed E-state index contributed by atoms with van der Waals surface area (Å²) in [4.78, 5) is 7.01. The molecule has 33 heavy (non-hydrogen) atoms. The van der Waals surface area contributed by atoms with Crippen LogP contribution in [-0.2, 0) is 13.6 Å². The predicted octanol–water partition coefficient (Wildman–Crippen LogP) is 3.35. The number of guanidine groups is 1. The van der Waals surface area contributed by atoms with Crippen molar-refractivity contribution in [2.75, 3.05) is 38.2 Å². The Labute approximate surface area is 216 Å². The molecular formula is C24H42IN7O. The van der Waals surface area contributed by atoms with Crippen LogP contribution >= 0.6 is 24.0 Å². The lowest BCUT2D eigenvalue weighted by Gasteiger charge is -2.22. The second-order valence-corrected chi connectivity index (χ2v) is 8.81. The molecule has 1 atom stereocenters. The van der Waals surface area contributed by atoms with Gasteiger partial charge in [0.05, 0.1) is 0 Å². The van der Waals surface area contributed by atoms with Crippen molar-refractivity contribution in [1.29, 1.82) is 0 Å². The molecule has 0 aliphatic carbocycles. The summed E-state index contributed by atoms with van der Waals surface area (Å²) in [5, 5.41) is 24.7. The highest BCUT2D eigenvalue weighted by Gasteiger charge is 2.12. The maximum Gasteiger partial charge on any atom is 0.191 e. The molecule has 0 bridgehead atoms. The lowest BCUT2D eigenvalue weighted by atomic mass is 9.94. The molecule has 186 valence electrons. The predicted molar refractivity (Wildman–Crippen MR) is 147 cm³/mol. The SMILES string of the molecule is Cc1nnc(CN=C(NCCCN(C)c2ccccc2)NCC(CCO)CC(C)C)n1C.I. The van der Waals surface area contributed by atoms with Crippen molar-refractivity contribution >= 4 is 35.6 Å².